The van der Waals surface area contributed by atoms with Crippen molar-refractivity contribution in [2.75, 3.05) is 41.0 Å². The van der Waals surface area contributed by atoms with Crippen molar-refractivity contribution in [1.82, 2.24) is 9.62 Å². The van der Waals surface area contributed by atoms with Gasteiger partial charge < -0.3 is 14.2 Å². The molecule has 0 spiro atoms. The van der Waals surface area contributed by atoms with Gasteiger partial charge in [0.1, 0.15) is 4.90 Å². The number of rotatable bonds is 8. The van der Waals surface area contributed by atoms with Crippen LogP contribution in [0.5, 0.6) is 17.2 Å². The summed E-state index contributed by atoms with van der Waals surface area (Å²) in [4.78, 5) is 2.33. The molecule has 24 heavy (non-hydrogen) atoms. The Morgan fingerprint density at radius 1 is 1.17 bits per heavy atom. The third-order valence-corrected chi connectivity index (χ3v) is 5.82. The highest BCUT2D eigenvalue weighted by atomic mass is 32.2. The molecule has 1 fully saturated rings. The first-order chi connectivity index (χ1) is 11.5. The Kier molecular flexibility index (Phi) is 6.31. The third kappa shape index (κ3) is 3.76. The fourth-order valence-corrected chi connectivity index (χ4v) is 4.35. The first-order valence-corrected chi connectivity index (χ1v) is 9.49. The lowest BCUT2D eigenvalue weighted by molar-refractivity contribution is 0.268. The van der Waals surface area contributed by atoms with Crippen molar-refractivity contribution in [3.05, 3.63) is 12.1 Å². The van der Waals surface area contributed by atoms with E-state index < -0.39 is 10.0 Å². The molecule has 1 aliphatic rings. The van der Waals surface area contributed by atoms with Crippen LogP contribution in [-0.2, 0) is 10.0 Å². The van der Waals surface area contributed by atoms with E-state index in [4.69, 9.17) is 14.2 Å². The van der Waals surface area contributed by atoms with Crippen LogP contribution >= 0.6 is 0 Å². The average molecular weight is 358 g/mol. The van der Waals surface area contributed by atoms with Crippen LogP contribution < -0.4 is 18.9 Å². The Morgan fingerprint density at radius 2 is 1.88 bits per heavy atom. The second kappa shape index (κ2) is 8.04. The van der Waals surface area contributed by atoms with E-state index in [0.717, 1.165) is 25.9 Å². The van der Waals surface area contributed by atoms with E-state index in [-0.39, 0.29) is 22.4 Å². The van der Waals surface area contributed by atoms with Gasteiger partial charge in [-0.05, 0) is 38.1 Å². The zero-order valence-corrected chi connectivity index (χ0v) is 15.5. The van der Waals surface area contributed by atoms with Crippen LogP contribution in [0, 0.1) is 0 Å². The molecule has 7 nitrogen and oxygen atoms in total. The van der Waals surface area contributed by atoms with Crippen molar-refractivity contribution in [2.45, 2.75) is 30.7 Å². The maximum atomic E-state index is 12.7. The van der Waals surface area contributed by atoms with Crippen molar-refractivity contribution in [3.8, 4) is 17.2 Å². The summed E-state index contributed by atoms with van der Waals surface area (Å²) in [5.41, 5.74) is 0. The van der Waals surface area contributed by atoms with Gasteiger partial charge in [-0.2, -0.15) is 0 Å². The standard InChI is InChI=1S/C16H26N2O5S/c1-5-18-10-6-7-12(18)11-17-24(19,20)14-9-8-13(21-2)15(22-3)16(14)23-4/h8-9,12,17H,5-7,10-11H2,1-4H3. The minimum atomic E-state index is -3.72. The van der Waals surface area contributed by atoms with Gasteiger partial charge in [0.15, 0.2) is 11.5 Å². The van der Waals surface area contributed by atoms with Crippen LogP contribution in [0.15, 0.2) is 17.0 Å². The summed E-state index contributed by atoms with van der Waals surface area (Å²) >= 11 is 0. The van der Waals surface area contributed by atoms with Crippen LogP contribution in [0.3, 0.4) is 0 Å². The molecule has 0 saturated carbocycles. The van der Waals surface area contributed by atoms with Gasteiger partial charge >= 0.3 is 0 Å². The number of hydrogen-bond acceptors (Lipinski definition) is 6. The molecule has 1 aliphatic heterocycles. The lowest BCUT2D eigenvalue weighted by Crippen LogP contribution is -2.40. The molecule has 1 unspecified atom stereocenters. The second-order valence-electron chi connectivity index (χ2n) is 5.61. The quantitative estimate of drug-likeness (QED) is 0.758. The highest BCUT2D eigenvalue weighted by Gasteiger charge is 2.28. The third-order valence-electron chi connectivity index (χ3n) is 4.37. The fourth-order valence-electron chi connectivity index (χ4n) is 3.11. The molecule has 0 aliphatic carbocycles. The van der Waals surface area contributed by atoms with Crippen LogP contribution in [0.4, 0.5) is 0 Å². The summed E-state index contributed by atoms with van der Waals surface area (Å²) in [6.45, 7) is 4.41. The number of methoxy groups -OCH3 is 3. The summed E-state index contributed by atoms with van der Waals surface area (Å²) < 4.78 is 43.9. The number of sulfonamides is 1. The molecule has 1 aromatic carbocycles. The van der Waals surface area contributed by atoms with Crippen LogP contribution in [0.25, 0.3) is 0 Å². The van der Waals surface area contributed by atoms with E-state index in [1.807, 2.05) is 0 Å². The SMILES string of the molecule is CCN1CCCC1CNS(=O)(=O)c1ccc(OC)c(OC)c1OC. The van der Waals surface area contributed by atoms with Gasteiger partial charge in [0.05, 0.1) is 21.3 Å². The topological polar surface area (TPSA) is 77.1 Å². The highest BCUT2D eigenvalue weighted by Crippen LogP contribution is 2.41. The summed E-state index contributed by atoms with van der Waals surface area (Å²) in [6, 6.07) is 3.26. The number of benzene rings is 1. The molecular formula is C16H26N2O5S. The predicted molar refractivity (Wildman–Crippen MR) is 91.6 cm³/mol. The normalized spacial score (nSPS) is 18.6. The maximum absolute atomic E-state index is 12.7. The number of likely N-dealkylation sites (N-methyl/N-ethyl adjacent to an activating group) is 1. The zero-order chi connectivity index (χ0) is 17.7. The summed E-state index contributed by atoms with van der Waals surface area (Å²) in [5, 5.41) is 0. The highest BCUT2D eigenvalue weighted by molar-refractivity contribution is 7.89. The van der Waals surface area contributed by atoms with Gasteiger partial charge in [-0.15, -0.1) is 0 Å². The monoisotopic (exact) mass is 358 g/mol. The second-order valence-corrected chi connectivity index (χ2v) is 7.34. The van der Waals surface area contributed by atoms with Crippen LogP contribution in [0.2, 0.25) is 0 Å². The minimum Gasteiger partial charge on any atom is -0.493 e. The van der Waals surface area contributed by atoms with E-state index in [9.17, 15) is 8.42 Å². The van der Waals surface area contributed by atoms with E-state index in [1.165, 1.54) is 27.4 Å². The molecule has 0 aromatic heterocycles. The molecule has 1 atom stereocenters. The van der Waals surface area contributed by atoms with E-state index in [0.29, 0.717) is 12.3 Å². The zero-order valence-electron chi connectivity index (χ0n) is 14.7. The molecule has 0 radical (unpaired) electrons. The summed E-state index contributed by atoms with van der Waals surface area (Å²) in [6.07, 6.45) is 2.10. The molecule has 1 heterocycles. The lowest BCUT2D eigenvalue weighted by atomic mass is 10.2. The number of nitrogens with zero attached hydrogens (tertiary/aromatic N) is 1. The first kappa shape index (κ1) is 18.8. The van der Waals surface area contributed by atoms with E-state index >= 15 is 0 Å². The molecule has 1 aromatic rings. The predicted octanol–water partition coefficient (Wildman–Crippen LogP) is 1.48. The van der Waals surface area contributed by atoms with Crippen molar-refractivity contribution in [1.29, 1.82) is 0 Å². The van der Waals surface area contributed by atoms with Gasteiger partial charge in [-0.1, -0.05) is 6.92 Å². The Hall–Kier alpha value is -1.51. The summed E-state index contributed by atoms with van der Waals surface area (Å²) in [7, 11) is 0.627. The molecule has 1 N–H and O–H groups in total. The van der Waals surface area contributed by atoms with Crippen LogP contribution in [0.1, 0.15) is 19.8 Å². The van der Waals surface area contributed by atoms with Crippen molar-refractivity contribution in [3.63, 3.8) is 0 Å². The fraction of sp³-hybridized carbons (Fsp3) is 0.625. The van der Waals surface area contributed by atoms with Crippen molar-refractivity contribution >= 4 is 10.0 Å². The number of hydrogen-bond donors (Lipinski definition) is 1. The van der Waals surface area contributed by atoms with Gasteiger partial charge in [0, 0.05) is 12.6 Å². The molecule has 0 amide bonds. The Bertz CT molecular complexity index is 663. The average Bonchev–Trinajstić information content (AvgIpc) is 3.06. The number of nitrogens with one attached hydrogen (secondary N) is 1. The smallest absolute Gasteiger partial charge is 0.244 e. The largest absolute Gasteiger partial charge is 0.493 e. The Labute approximate surface area is 143 Å². The number of likely N-dealkylation sites (tertiary alicyclic amines) is 1. The molecule has 8 heteroatoms. The molecular weight excluding hydrogens is 332 g/mol. The lowest BCUT2D eigenvalue weighted by Gasteiger charge is -2.23. The Morgan fingerprint density at radius 3 is 2.46 bits per heavy atom. The van der Waals surface area contributed by atoms with Gasteiger partial charge in [-0.25, -0.2) is 13.1 Å². The summed E-state index contributed by atoms with van der Waals surface area (Å²) in [5.74, 6) is 0.822. The first-order valence-electron chi connectivity index (χ1n) is 8.01. The van der Waals surface area contributed by atoms with E-state index in [1.54, 1.807) is 6.07 Å². The molecule has 136 valence electrons. The van der Waals surface area contributed by atoms with Gasteiger partial charge in [-0.3, -0.25) is 4.90 Å². The molecule has 1 saturated heterocycles. The number of ether oxygens (including phenoxy) is 3. The molecule has 2 rings (SSSR count). The van der Waals surface area contributed by atoms with Gasteiger partial charge in [0.2, 0.25) is 15.8 Å². The van der Waals surface area contributed by atoms with Gasteiger partial charge in [0.25, 0.3) is 0 Å². The van der Waals surface area contributed by atoms with Crippen molar-refractivity contribution < 1.29 is 22.6 Å². The Balaban J connectivity index is 2.25. The minimum absolute atomic E-state index is 0.0451. The van der Waals surface area contributed by atoms with Crippen molar-refractivity contribution in [2.24, 2.45) is 0 Å². The molecule has 0 bridgehead atoms. The van der Waals surface area contributed by atoms with Crippen LogP contribution in [-0.4, -0.2) is 60.3 Å². The van der Waals surface area contributed by atoms with E-state index in [2.05, 4.69) is 16.5 Å². The maximum Gasteiger partial charge on any atom is 0.244 e.